The number of carbonyl (C=O) groups excluding carboxylic acids is 2. The first-order chi connectivity index (χ1) is 43.0. The zero-order chi connectivity index (χ0) is 62.8. The number of nitrogens with one attached hydrogen (secondary N) is 1. The lowest BCUT2D eigenvalue weighted by molar-refractivity contribution is -0.143. The van der Waals surface area contributed by atoms with Gasteiger partial charge in [0.25, 0.3) is 0 Å². The smallest absolute Gasteiger partial charge is 0.305 e. The van der Waals surface area contributed by atoms with E-state index in [1.54, 1.807) is 0 Å². The molecule has 6 nitrogen and oxygen atoms in total. The van der Waals surface area contributed by atoms with E-state index in [-0.39, 0.29) is 18.5 Å². The summed E-state index contributed by atoms with van der Waals surface area (Å²) in [5, 5.41) is 23.5. The quantitative estimate of drug-likeness (QED) is 0.0320. The molecule has 0 fully saturated rings. The SMILES string of the molecule is CCCCCC/C=C\CCCCCCCC(=O)OCCCCCCCCCCC/C=C\C/C=C\CCCCCCCCCCCCCCCCCCCC(=O)NC(CO)C(O)CCCCCCCCCCCCCCCCCCCCCCCCCC. The van der Waals surface area contributed by atoms with Crippen molar-refractivity contribution in [3.63, 3.8) is 0 Å². The number of esters is 1. The molecular formula is C81H155NO5. The van der Waals surface area contributed by atoms with Crippen molar-refractivity contribution >= 4 is 11.9 Å². The Morgan fingerprint density at radius 1 is 0.322 bits per heavy atom. The topological polar surface area (TPSA) is 95.9 Å². The van der Waals surface area contributed by atoms with Crippen LogP contribution in [0.1, 0.15) is 444 Å². The third-order valence-electron chi connectivity index (χ3n) is 18.7. The fraction of sp³-hybridized carbons (Fsp3) is 0.901. The number of rotatable bonds is 75. The molecule has 87 heavy (non-hydrogen) atoms. The Labute approximate surface area is 544 Å². The zero-order valence-corrected chi connectivity index (χ0v) is 59.0. The van der Waals surface area contributed by atoms with Crippen LogP contribution in [0, 0.1) is 0 Å². The highest BCUT2D eigenvalue weighted by Crippen LogP contribution is 2.20. The summed E-state index contributed by atoms with van der Waals surface area (Å²) in [5.74, 6) is -0.0221. The molecule has 514 valence electrons. The third kappa shape index (κ3) is 73.0. The third-order valence-corrected chi connectivity index (χ3v) is 18.7. The van der Waals surface area contributed by atoms with Crippen molar-refractivity contribution in [3.05, 3.63) is 36.5 Å². The highest BCUT2D eigenvalue weighted by Gasteiger charge is 2.20. The molecule has 0 heterocycles. The van der Waals surface area contributed by atoms with Gasteiger partial charge in [0.15, 0.2) is 0 Å². The fourth-order valence-corrected chi connectivity index (χ4v) is 12.6. The summed E-state index contributed by atoms with van der Waals surface area (Å²) >= 11 is 0. The standard InChI is InChI=1S/C81H155NO5/c1-3-5-7-9-11-13-15-17-18-19-20-21-22-34-37-40-43-46-50-53-57-61-65-69-73-79(84)78(77-83)82-80(85)74-70-66-62-58-54-51-47-44-41-38-35-32-30-28-26-24-23-25-27-29-31-33-36-39-42-45-48-52-56-60-64-68-72-76-87-81(86)75-71-67-63-59-55-49-16-14-12-10-8-6-4-2/h14,16,27,29,33,36,78-79,83-84H,3-13,15,17-26,28,30-32,34-35,37-77H2,1-2H3,(H,82,85)/b16-14-,29-27-,36-33-. The summed E-state index contributed by atoms with van der Waals surface area (Å²) in [6.45, 7) is 4.98. The van der Waals surface area contributed by atoms with Crippen molar-refractivity contribution in [3.8, 4) is 0 Å². The molecule has 0 aliphatic rings. The van der Waals surface area contributed by atoms with E-state index in [9.17, 15) is 19.8 Å². The lowest BCUT2D eigenvalue weighted by Gasteiger charge is -2.22. The van der Waals surface area contributed by atoms with E-state index in [2.05, 4.69) is 55.6 Å². The maximum atomic E-state index is 12.6. The first-order valence-corrected chi connectivity index (χ1v) is 39.7. The Hall–Kier alpha value is -1.92. The van der Waals surface area contributed by atoms with Gasteiger partial charge in [-0.15, -0.1) is 0 Å². The lowest BCUT2D eigenvalue weighted by atomic mass is 10.0. The van der Waals surface area contributed by atoms with Crippen LogP contribution in [0.15, 0.2) is 36.5 Å². The molecule has 2 unspecified atom stereocenters. The van der Waals surface area contributed by atoms with Gasteiger partial charge in [0.1, 0.15) is 0 Å². The number of aliphatic hydroxyl groups excluding tert-OH is 2. The predicted molar refractivity (Wildman–Crippen MR) is 384 cm³/mol. The normalized spacial score (nSPS) is 12.6. The van der Waals surface area contributed by atoms with Crippen molar-refractivity contribution in [2.45, 2.75) is 456 Å². The largest absolute Gasteiger partial charge is 0.466 e. The average Bonchev–Trinajstić information content (AvgIpc) is 3.54. The van der Waals surface area contributed by atoms with E-state index in [0.29, 0.717) is 25.9 Å². The summed E-state index contributed by atoms with van der Waals surface area (Å²) in [7, 11) is 0. The molecule has 0 rings (SSSR count). The number of unbranched alkanes of at least 4 members (excludes halogenated alkanes) is 58. The summed E-state index contributed by atoms with van der Waals surface area (Å²) in [5.41, 5.74) is 0. The van der Waals surface area contributed by atoms with E-state index in [1.807, 2.05) is 0 Å². The maximum Gasteiger partial charge on any atom is 0.305 e. The Morgan fingerprint density at radius 2 is 0.575 bits per heavy atom. The number of amides is 1. The van der Waals surface area contributed by atoms with E-state index in [0.717, 1.165) is 51.4 Å². The van der Waals surface area contributed by atoms with E-state index >= 15 is 0 Å². The van der Waals surface area contributed by atoms with Gasteiger partial charge in [-0.05, 0) is 83.5 Å². The number of aliphatic hydroxyl groups is 2. The first-order valence-electron chi connectivity index (χ1n) is 39.7. The second-order valence-electron chi connectivity index (χ2n) is 27.4. The van der Waals surface area contributed by atoms with Crippen molar-refractivity contribution in [1.82, 2.24) is 5.32 Å². The minimum absolute atomic E-state index is 0.00557. The van der Waals surface area contributed by atoms with E-state index in [4.69, 9.17) is 4.74 Å². The van der Waals surface area contributed by atoms with Gasteiger partial charge in [-0.2, -0.15) is 0 Å². The van der Waals surface area contributed by atoms with Crippen LogP contribution in [0.2, 0.25) is 0 Å². The fourth-order valence-electron chi connectivity index (χ4n) is 12.6. The second-order valence-corrected chi connectivity index (χ2v) is 27.4. The molecule has 1 amide bonds. The molecule has 0 aromatic heterocycles. The molecule has 0 aromatic carbocycles. The highest BCUT2D eigenvalue weighted by molar-refractivity contribution is 5.76. The Balaban J connectivity index is 3.38. The second kappa shape index (κ2) is 76.5. The minimum Gasteiger partial charge on any atom is -0.466 e. The van der Waals surface area contributed by atoms with Crippen LogP contribution in [0.3, 0.4) is 0 Å². The molecular weight excluding hydrogens is 1070 g/mol. The molecule has 0 aliphatic carbocycles. The van der Waals surface area contributed by atoms with Crippen LogP contribution in [-0.4, -0.2) is 47.4 Å². The van der Waals surface area contributed by atoms with Crippen molar-refractivity contribution in [1.29, 1.82) is 0 Å². The van der Waals surface area contributed by atoms with Crippen molar-refractivity contribution < 1.29 is 24.5 Å². The summed E-state index contributed by atoms with van der Waals surface area (Å²) in [4.78, 5) is 24.6. The predicted octanol–water partition coefficient (Wildman–Crippen LogP) is 26.2. The average molecular weight is 1220 g/mol. The summed E-state index contributed by atoms with van der Waals surface area (Å²) in [6, 6.07) is -0.542. The number of allylic oxidation sites excluding steroid dienone is 6. The van der Waals surface area contributed by atoms with Gasteiger partial charge < -0.3 is 20.3 Å². The molecule has 0 bridgehead atoms. The Morgan fingerprint density at radius 3 is 0.897 bits per heavy atom. The van der Waals surface area contributed by atoms with Crippen LogP contribution in [0.5, 0.6) is 0 Å². The summed E-state index contributed by atoms with van der Waals surface area (Å²) < 4.78 is 5.48. The van der Waals surface area contributed by atoms with Crippen molar-refractivity contribution in [2.24, 2.45) is 0 Å². The van der Waals surface area contributed by atoms with Gasteiger partial charge >= 0.3 is 5.97 Å². The minimum atomic E-state index is -0.665. The molecule has 0 aliphatic heterocycles. The van der Waals surface area contributed by atoms with Gasteiger partial charge in [0.2, 0.25) is 5.91 Å². The number of hydrogen-bond acceptors (Lipinski definition) is 5. The van der Waals surface area contributed by atoms with Crippen LogP contribution in [0.4, 0.5) is 0 Å². The van der Waals surface area contributed by atoms with Gasteiger partial charge in [0, 0.05) is 12.8 Å². The van der Waals surface area contributed by atoms with Gasteiger partial charge in [0.05, 0.1) is 25.4 Å². The number of ether oxygens (including phenoxy) is 1. The zero-order valence-electron chi connectivity index (χ0n) is 59.0. The van der Waals surface area contributed by atoms with E-state index in [1.165, 1.54) is 360 Å². The van der Waals surface area contributed by atoms with Crippen LogP contribution in [-0.2, 0) is 14.3 Å². The molecule has 0 saturated heterocycles. The summed E-state index contributed by atoms with van der Waals surface area (Å²) in [6.07, 6.45) is 99.5. The number of hydrogen-bond donors (Lipinski definition) is 3. The van der Waals surface area contributed by atoms with Crippen molar-refractivity contribution in [2.75, 3.05) is 13.2 Å². The van der Waals surface area contributed by atoms with Gasteiger partial charge in [-0.1, -0.05) is 384 Å². The van der Waals surface area contributed by atoms with Crippen LogP contribution >= 0.6 is 0 Å². The lowest BCUT2D eigenvalue weighted by Crippen LogP contribution is -2.45. The molecule has 0 spiro atoms. The molecule has 0 aromatic rings. The van der Waals surface area contributed by atoms with E-state index < -0.39 is 12.1 Å². The van der Waals surface area contributed by atoms with Gasteiger partial charge in [-0.3, -0.25) is 9.59 Å². The van der Waals surface area contributed by atoms with Gasteiger partial charge in [-0.25, -0.2) is 0 Å². The molecule has 0 radical (unpaired) electrons. The molecule has 3 N–H and O–H groups in total. The highest BCUT2D eigenvalue weighted by atomic mass is 16.5. The maximum absolute atomic E-state index is 12.6. The molecule has 0 saturated carbocycles. The monoisotopic (exact) mass is 1220 g/mol. The Kier molecular flexibility index (Phi) is 74.8. The Bertz CT molecular complexity index is 1410. The first kappa shape index (κ1) is 85.1. The molecule has 2 atom stereocenters. The van der Waals surface area contributed by atoms with Crippen LogP contribution < -0.4 is 5.32 Å². The van der Waals surface area contributed by atoms with Crippen LogP contribution in [0.25, 0.3) is 0 Å². The molecule has 6 heteroatoms. The number of carbonyl (C=O) groups is 2.